The molecule has 0 heterocycles. The summed E-state index contributed by atoms with van der Waals surface area (Å²) in [5.74, 6) is -0.0858. The quantitative estimate of drug-likeness (QED) is 0.895. The molecule has 5 heteroatoms. The van der Waals surface area contributed by atoms with Gasteiger partial charge in [0.1, 0.15) is 0 Å². The average molecular weight is 282 g/mol. The molecule has 0 atom stereocenters. The fourth-order valence-corrected chi connectivity index (χ4v) is 1.88. The first-order valence-corrected chi connectivity index (χ1v) is 6.04. The first-order valence-electron chi connectivity index (χ1n) is 5.66. The summed E-state index contributed by atoms with van der Waals surface area (Å²) < 4.78 is 18.7. The number of halogens is 2. The van der Waals surface area contributed by atoms with Gasteiger partial charge < -0.3 is 15.2 Å². The smallest absolute Gasteiger partial charge is 0.164 e. The van der Waals surface area contributed by atoms with Gasteiger partial charge in [-0.1, -0.05) is 29.8 Å². The van der Waals surface area contributed by atoms with E-state index in [4.69, 9.17) is 16.3 Å². The van der Waals surface area contributed by atoms with Crippen LogP contribution in [0.25, 0.3) is 0 Å². The molecule has 0 aliphatic heterocycles. The molecule has 2 rings (SSSR count). The molecule has 100 valence electrons. The molecule has 0 spiro atoms. The van der Waals surface area contributed by atoms with E-state index in [1.54, 1.807) is 30.3 Å². The second-order valence-electron chi connectivity index (χ2n) is 3.92. The molecule has 0 unspecified atom stereocenters. The Kier molecular flexibility index (Phi) is 4.12. The van der Waals surface area contributed by atoms with E-state index < -0.39 is 5.82 Å². The van der Waals surface area contributed by atoms with Gasteiger partial charge in [-0.2, -0.15) is 0 Å². The molecule has 0 aromatic heterocycles. The summed E-state index contributed by atoms with van der Waals surface area (Å²) in [6.07, 6.45) is 0. The minimum atomic E-state index is -0.508. The Morgan fingerprint density at radius 2 is 2.00 bits per heavy atom. The van der Waals surface area contributed by atoms with Crippen LogP contribution >= 0.6 is 11.6 Å². The third kappa shape index (κ3) is 2.90. The largest absolute Gasteiger partial charge is 0.504 e. The monoisotopic (exact) mass is 281 g/mol. The van der Waals surface area contributed by atoms with Crippen molar-refractivity contribution in [3.63, 3.8) is 0 Å². The highest BCUT2D eigenvalue weighted by molar-refractivity contribution is 6.31. The average Bonchev–Trinajstić information content (AvgIpc) is 2.42. The van der Waals surface area contributed by atoms with E-state index in [0.29, 0.717) is 11.3 Å². The molecule has 0 saturated carbocycles. The van der Waals surface area contributed by atoms with Crippen molar-refractivity contribution in [2.45, 2.75) is 6.54 Å². The molecule has 0 amide bonds. The summed E-state index contributed by atoms with van der Waals surface area (Å²) in [7, 11) is 1.48. The van der Waals surface area contributed by atoms with E-state index in [-0.39, 0.29) is 23.0 Å². The Bertz CT molecular complexity index is 590. The Morgan fingerprint density at radius 1 is 1.26 bits per heavy atom. The van der Waals surface area contributed by atoms with Crippen molar-refractivity contribution in [3.05, 3.63) is 52.8 Å². The normalized spacial score (nSPS) is 10.3. The third-order valence-corrected chi connectivity index (χ3v) is 3.02. The van der Waals surface area contributed by atoms with Gasteiger partial charge in [0.05, 0.1) is 17.8 Å². The Hall–Kier alpha value is -1.94. The van der Waals surface area contributed by atoms with Gasteiger partial charge in [-0.05, 0) is 18.2 Å². The number of rotatable bonds is 4. The van der Waals surface area contributed by atoms with Gasteiger partial charge in [0.2, 0.25) is 0 Å². The summed E-state index contributed by atoms with van der Waals surface area (Å²) in [6, 6.07) is 9.85. The number of hydrogen-bond acceptors (Lipinski definition) is 3. The van der Waals surface area contributed by atoms with E-state index in [1.807, 2.05) is 0 Å². The van der Waals surface area contributed by atoms with Crippen molar-refractivity contribution in [2.24, 2.45) is 0 Å². The molecule has 0 bridgehead atoms. The molecule has 0 saturated heterocycles. The minimum absolute atomic E-state index is 0.0416. The highest BCUT2D eigenvalue weighted by atomic mass is 35.5. The predicted molar refractivity (Wildman–Crippen MR) is 73.4 cm³/mol. The fourth-order valence-electron chi connectivity index (χ4n) is 1.71. The second-order valence-corrected chi connectivity index (χ2v) is 4.33. The van der Waals surface area contributed by atoms with Crippen LogP contribution in [0, 0.1) is 5.82 Å². The SMILES string of the molecule is COc1cccc(CNc2cccc(Cl)c2F)c1O. The van der Waals surface area contributed by atoms with E-state index in [9.17, 15) is 9.50 Å². The predicted octanol–water partition coefficient (Wildman–Crippen LogP) is 3.81. The molecule has 3 nitrogen and oxygen atoms in total. The van der Waals surface area contributed by atoms with E-state index >= 15 is 0 Å². The number of nitrogens with one attached hydrogen (secondary N) is 1. The van der Waals surface area contributed by atoms with Crippen molar-refractivity contribution >= 4 is 17.3 Å². The number of ether oxygens (including phenoxy) is 1. The van der Waals surface area contributed by atoms with E-state index in [2.05, 4.69) is 5.32 Å². The van der Waals surface area contributed by atoms with Crippen molar-refractivity contribution in [2.75, 3.05) is 12.4 Å². The van der Waals surface area contributed by atoms with Crippen molar-refractivity contribution < 1.29 is 14.2 Å². The van der Waals surface area contributed by atoms with Gasteiger partial charge in [0.25, 0.3) is 0 Å². The van der Waals surface area contributed by atoms with Crippen LogP contribution < -0.4 is 10.1 Å². The molecule has 2 aromatic carbocycles. The maximum absolute atomic E-state index is 13.7. The van der Waals surface area contributed by atoms with Crippen LogP contribution in [-0.4, -0.2) is 12.2 Å². The van der Waals surface area contributed by atoms with Crippen LogP contribution in [0.2, 0.25) is 5.02 Å². The summed E-state index contributed by atoms with van der Waals surface area (Å²) in [6.45, 7) is 0.264. The zero-order chi connectivity index (χ0) is 13.8. The molecule has 2 N–H and O–H groups in total. The Labute approximate surface area is 115 Å². The highest BCUT2D eigenvalue weighted by Crippen LogP contribution is 2.30. The second kappa shape index (κ2) is 5.80. The third-order valence-electron chi connectivity index (χ3n) is 2.72. The summed E-state index contributed by atoms with van der Waals surface area (Å²) >= 11 is 5.69. The fraction of sp³-hybridized carbons (Fsp3) is 0.143. The van der Waals surface area contributed by atoms with Crippen LogP contribution in [0.3, 0.4) is 0 Å². The Morgan fingerprint density at radius 3 is 2.74 bits per heavy atom. The van der Waals surface area contributed by atoms with Gasteiger partial charge in [-0.15, -0.1) is 0 Å². The van der Waals surface area contributed by atoms with Crippen molar-refractivity contribution in [3.8, 4) is 11.5 Å². The summed E-state index contributed by atoms with van der Waals surface area (Å²) in [5.41, 5.74) is 0.897. The molecule has 0 aliphatic carbocycles. The number of methoxy groups -OCH3 is 1. The highest BCUT2D eigenvalue weighted by Gasteiger charge is 2.09. The van der Waals surface area contributed by atoms with Crippen molar-refractivity contribution in [1.29, 1.82) is 0 Å². The molecule has 0 fully saturated rings. The molecule has 19 heavy (non-hydrogen) atoms. The number of aromatic hydroxyl groups is 1. The molecular formula is C14H13ClFNO2. The first kappa shape index (κ1) is 13.5. The summed E-state index contributed by atoms with van der Waals surface area (Å²) in [5, 5.41) is 12.8. The van der Waals surface area contributed by atoms with Gasteiger partial charge in [0, 0.05) is 12.1 Å². The van der Waals surface area contributed by atoms with E-state index in [0.717, 1.165) is 0 Å². The lowest BCUT2D eigenvalue weighted by atomic mass is 10.2. The van der Waals surface area contributed by atoms with Crippen molar-refractivity contribution in [1.82, 2.24) is 0 Å². The molecule has 2 aromatic rings. The molecule has 0 aliphatic rings. The van der Waals surface area contributed by atoms with Gasteiger partial charge >= 0.3 is 0 Å². The summed E-state index contributed by atoms with van der Waals surface area (Å²) in [4.78, 5) is 0. The van der Waals surface area contributed by atoms with Crippen LogP contribution in [-0.2, 0) is 6.54 Å². The zero-order valence-electron chi connectivity index (χ0n) is 10.3. The topological polar surface area (TPSA) is 41.5 Å². The number of benzene rings is 2. The molecular weight excluding hydrogens is 269 g/mol. The van der Waals surface area contributed by atoms with Crippen LogP contribution in [0.1, 0.15) is 5.56 Å². The lowest BCUT2D eigenvalue weighted by molar-refractivity contribution is 0.371. The standard InChI is InChI=1S/C14H13ClFNO2/c1-19-12-7-2-4-9(14(12)18)8-17-11-6-3-5-10(15)13(11)16/h2-7,17-18H,8H2,1H3. The Balaban J connectivity index is 2.17. The maximum Gasteiger partial charge on any atom is 0.164 e. The lowest BCUT2D eigenvalue weighted by Crippen LogP contribution is -2.02. The molecule has 0 radical (unpaired) electrons. The lowest BCUT2D eigenvalue weighted by Gasteiger charge is -2.11. The number of anilines is 1. The van der Waals surface area contributed by atoms with Gasteiger partial charge in [-0.3, -0.25) is 0 Å². The number of hydrogen-bond donors (Lipinski definition) is 2. The first-order chi connectivity index (χ1) is 9.13. The van der Waals surface area contributed by atoms with Gasteiger partial charge in [0.15, 0.2) is 17.3 Å². The van der Waals surface area contributed by atoms with Crippen LogP contribution in [0.4, 0.5) is 10.1 Å². The number of phenolic OH excluding ortho intramolecular Hbond substituents is 1. The zero-order valence-corrected chi connectivity index (χ0v) is 11.0. The number of para-hydroxylation sites is 1. The minimum Gasteiger partial charge on any atom is -0.504 e. The maximum atomic E-state index is 13.7. The number of phenols is 1. The van der Waals surface area contributed by atoms with Crippen LogP contribution in [0.15, 0.2) is 36.4 Å². The van der Waals surface area contributed by atoms with E-state index in [1.165, 1.54) is 13.2 Å². The van der Waals surface area contributed by atoms with Crippen LogP contribution in [0.5, 0.6) is 11.5 Å². The van der Waals surface area contributed by atoms with Gasteiger partial charge in [-0.25, -0.2) is 4.39 Å².